The van der Waals surface area contributed by atoms with Crippen LogP contribution in [-0.4, -0.2) is 20.8 Å². The van der Waals surface area contributed by atoms with Gasteiger partial charge in [0.25, 0.3) is 11.6 Å². The molecular weight excluding hydrogens is 282 g/mol. The molecule has 0 fully saturated rings. The number of anilines is 1. The number of hydrogen-bond acceptors (Lipinski definition) is 7. The molecule has 2 rings (SSSR count). The van der Waals surface area contributed by atoms with E-state index in [1.807, 2.05) is 12.3 Å². The summed E-state index contributed by atoms with van der Waals surface area (Å²) in [6.45, 7) is 2.09. The summed E-state index contributed by atoms with van der Waals surface area (Å²) in [6.07, 6.45) is 1.01. The predicted molar refractivity (Wildman–Crippen MR) is 73.3 cm³/mol. The monoisotopic (exact) mass is 293 g/mol. The van der Waals surface area contributed by atoms with Crippen molar-refractivity contribution in [2.24, 2.45) is 0 Å². The first-order chi connectivity index (χ1) is 9.47. The number of amides is 1. The number of thiazole rings is 1. The minimum Gasteiger partial charge on any atom is -0.383 e. The van der Waals surface area contributed by atoms with E-state index in [9.17, 15) is 14.9 Å². The molecule has 0 aromatic carbocycles. The van der Waals surface area contributed by atoms with Gasteiger partial charge in [-0.1, -0.05) is 0 Å². The minimum atomic E-state index is -0.632. The second-order valence-corrected chi connectivity index (χ2v) is 4.89. The average molecular weight is 293 g/mol. The largest absolute Gasteiger partial charge is 0.383 e. The third-order valence-electron chi connectivity index (χ3n) is 2.43. The Labute approximate surface area is 117 Å². The number of nitrogens with zero attached hydrogens (tertiary/aromatic N) is 3. The molecule has 2 aromatic rings. The maximum Gasteiger partial charge on any atom is 0.288 e. The van der Waals surface area contributed by atoms with Crippen molar-refractivity contribution in [1.29, 1.82) is 0 Å². The smallest absolute Gasteiger partial charge is 0.288 e. The highest BCUT2D eigenvalue weighted by Gasteiger charge is 2.16. The summed E-state index contributed by atoms with van der Waals surface area (Å²) >= 11 is 1.42. The van der Waals surface area contributed by atoms with Gasteiger partial charge in [-0.3, -0.25) is 14.9 Å². The molecule has 0 aliphatic heterocycles. The van der Waals surface area contributed by atoms with Crippen molar-refractivity contribution >= 4 is 28.7 Å². The van der Waals surface area contributed by atoms with Crippen molar-refractivity contribution in [3.05, 3.63) is 44.0 Å². The molecular formula is C11H11N5O3S. The van der Waals surface area contributed by atoms with Gasteiger partial charge >= 0.3 is 0 Å². The van der Waals surface area contributed by atoms with E-state index in [0.717, 1.165) is 23.0 Å². The number of carbonyl (C=O) groups excluding carboxylic acids is 1. The fourth-order valence-electron chi connectivity index (χ4n) is 1.48. The summed E-state index contributed by atoms with van der Waals surface area (Å²) < 4.78 is 0. The van der Waals surface area contributed by atoms with E-state index in [2.05, 4.69) is 15.3 Å². The van der Waals surface area contributed by atoms with Gasteiger partial charge in [0.15, 0.2) is 0 Å². The Morgan fingerprint density at radius 1 is 1.60 bits per heavy atom. The molecule has 0 atom stereocenters. The molecule has 0 aliphatic carbocycles. The lowest BCUT2D eigenvalue weighted by Gasteiger charge is -2.05. The maximum absolute atomic E-state index is 11.9. The second-order valence-electron chi connectivity index (χ2n) is 3.95. The molecule has 2 heterocycles. The first-order valence-corrected chi connectivity index (χ1v) is 6.44. The molecule has 9 heteroatoms. The van der Waals surface area contributed by atoms with Crippen LogP contribution in [0.4, 0.5) is 11.5 Å². The molecule has 1 amide bonds. The molecule has 104 valence electrons. The highest BCUT2D eigenvalue weighted by atomic mass is 32.1. The van der Waals surface area contributed by atoms with Gasteiger partial charge in [-0.2, -0.15) is 0 Å². The van der Waals surface area contributed by atoms with Crippen LogP contribution in [0.5, 0.6) is 0 Å². The molecule has 0 saturated carbocycles. The minimum absolute atomic E-state index is 0.0209. The van der Waals surface area contributed by atoms with Gasteiger partial charge in [-0.15, -0.1) is 11.3 Å². The highest BCUT2D eigenvalue weighted by Crippen LogP contribution is 2.17. The van der Waals surface area contributed by atoms with Crippen LogP contribution in [0, 0.1) is 17.0 Å². The number of nitrogens with two attached hydrogens (primary N) is 1. The zero-order valence-corrected chi connectivity index (χ0v) is 11.3. The van der Waals surface area contributed by atoms with Crippen LogP contribution >= 0.6 is 11.3 Å². The lowest BCUT2D eigenvalue weighted by Crippen LogP contribution is -2.24. The average Bonchev–Trinajstić information content (AvgIpc) is 2.82. The summed E-state index contributed by atoms with van der Waals surface area (Å²) in [5.74, 6) is -0.574. The van der Waals surface area contributed by atoms with Crippen LogP contribution in [0.2, 0.25) is 0 Å². The van der Waals surface area contributed by atoms with Gasteiger partial charge in [-0.05, 0) is 6.92 Å². The van der Waals surface area contributed by atoms with E-state index in [1.54, 1.807) is 0 Å². The van der Waals surface area contributed by atoms with Gasteiger partial charge < -0.3 is 11.1 Å². The van der Waals surface area contributed by atoms with Crippen LogP contribution < -0.4 is 11.1 Å². The number of hydrogen-bond donors (Lipinski definition) is 2. The Hall–Kier alpha value is -2.55. The van der Waals surface area contributed by atoms with E-state index in [1.165, 1.54) is 11.3 Å². The number of aromatic nitrogens is 2. The predicted octanol–water partition coefficient (Wildman–Crippen LogP) is 1.27. The third kappa shape index (κ3) is 3.06. The highest BCUT2D eigenvalue weighted by molar-refractivity contribution is 7.09. The SMILES string of the molecule is Cc1csc(CNC(=O)c2cc([N+](=O)[O-])cnc2N)n1. The summed E-state index contributed by atoms with van der Waals surface area (Å²) in [6, 6.07) is 1.10. The summed E-state index contributed by atoms with van der Waals surface area (Å²) in [4.78, 5) is 29.8. The second kappa shape index (κ2) is 5.61. The number of carbonyl (C=O) groups is 1. The summed E-state index contributed by atoms with van der Waals surface area (Å²) in [5, 5.41) is 15.9. The Kier molecular flexibility index (Phi) is 3.89. The molecule has 3 N–H and O–H groups in total. The van der Waals surface area contributed by atoms with Gasteiger partial charge in [0, 0.05) is 17.1 Å². The van der Waals surface area contributed by atoms with Gasteiger partial charge in [-0.25, -0.2) is 9.97 Å². The third-order valence-corrected chi connectivity index (χ3v) is 3.39. The Balaban J connectivity index is 2.12. The number of pyridine rings is 1. The van der Waals surface area contributed by atoms with E-state index < -0.39 is 10.8 Å². The molecule has 8 nitrogen and oxygen atoms in total. The first kappa shape index (κ1) is 13.9. The van der Waals surface area contributed by atoms with Crippen molar-refractivity contribution in [3.8, 4) is 0 Å². The summed E-state index contributed by atoms with van der Waals surface area (Å²) in [7, 11) is 0. The number of nitrogens with one attached hydrogen (secondary N) is 1. The molecule has 0 radical (unpaired) electrons. The quantitative estimate of drug-likeness (QED) is 0.646. The lowest BCUT2D eigenvalue weighted by molar-refractivity contribution is -0.385. The summed E-state index contributed by atoms with van der Waals surface area (Å²) in [5.41, 5.74) is 6.12. The van der Waals surface area contributed by atoms with Crippen molar-refractivity contribution in [2.75, 3.05) is 5.73 Å². The van der Waals surface area contributed by atoms with Crippen molar-refractivity contribution in [2.45, 2.75) is 13.5 Å². The Morgan fingerprint density at radius 2 is 2.35 bits per heavy atom. The Bertz CT molecular complexity index is 670. The van der Waals surface area contributed by atoms with Crippen molar-refractivity contribution in [3.63, 3.8) is 0 Å². The zero-order chi connectivity index (χ0) is 14.7. The van der Waals surface area contributed by atoms with Crippen molar-refractivity contribution < 1.29 is 9.72 Å². The van der Waals surface area contributed by atoms with Crippen molar-refractivity contribution in [1.82, 2.24) is 15.3 Å². The van der Waals surface area contributed by atoms with Crippen LogP contribution in [0.1, 0.15) is 21.1 Å². The standard InChI is InChI=1S/C11H11N5O3S/c1-6-5-20-9(15-6)4-14-11(17)8-2-7(16(18)19)3-13-10(8)12/h2-3,5H,4H2,1H3,(H2,12,13)(H,14,17). The van der Waals surface area contributed by atoms with Crippen LogP contribution in [0.3, 0.4) is 0 Å². The Morgan fingerprint density at radius 3 is 2.95 bits per heavy atom. The fraction of sp³-hybridized carbons (Fsp3) is 0.182. The molecule has 20 heavy (non-hydrogen) atoms. The first-order valence-electron chi connectivity index (χ1n) is 5.56. The normalized spacial score (nSPS) is 10.2. The maximum atomic E-state index is 11.9. The van der Waals surface area contributed by atoms with Crippen LogP contribution in [0.25, 0.3) is 0 Å². The fourth-order valence-corrected chi connectivity index (χ4v) is 2.19. The molecule has 0 saturated heterocycles. The van der Waals surface area contributed by atoms with E-state index >= 15 is 0 Å². The topological polar surface area (TPSA) is 124 Å². The number of nitrogen functional groups attached to an aromatic ring is 1. The molecule has 0 unspecified atom stereocenters. The molecule has 0 bridgehead atoms. The number of nitro groups is 1. The van der Waals surface area contributed by atoms with Crippen LogP contribution in [0.15, 0.2) is 17.6 Å². The van der Waals surface area contributed by atoms with Crippen LogP contribution in [-0.2, 0) is 6.54 Å². The van der Waals surface area contributed by atoms with Gasteiger partial charge in [0.1, 0.15) is 17.0 Å². The molecule has 2 aromatic heterocycles. The van der Waals surface area contributed by atoms with Gasteiger partial charge in [0.2, 0.25) is 0 Å². The molecule has 0 aliphatic rings. The number of rotatable bonds is 4. The molecule has 0 spiro atoms. The number of aryl methyl sites for hydroxylation is 1. The van der Waals surface area contributed by atoms with Gasteiger partial charge in [0.05, 0.1) is 17.0 Å². The van der Waals surface area contributed by atoms with E-state index in [-0.39, 0.29) is 23.6 Å². The zero-order valence-electron chi connectivity index (χ0n) is 10.5. The van der Waals surface area contributed by atoms with E-state index in [4.69, 9.17) is 5.73 Å². The lowest BCUT2D eigenvalue weighted by atomic mass is 10.2. The van der Waals surface area contributed by atoms with E-state index in [0.29, 0.717) is 0 Å².